The highest BCUT2D eigenvalue weighted by atomic mass is 16.1. The first kappa shape index (κ1) is 11.7. The normalized spacial score (nSPS) is 18.8. The molecule has 0 radical (unpaired) electrons. The van der Waals surface area contributed by atoms with Crippen molar-refractivity contribution in [1.29, 1.82) is 0 Å². The molecular weight excluding hydrogens is 172 g/mol. The molecule has 0 heterocycles. The van der Waals surface area contributed by atoms with Gasteiger partial charge in [-0.2, -0.15) is 0 Å². The predicted molar refractivity (Wildman–Crippen MR) is 60.3 cm³/mol. The molecule has 1 rings (SSSR count). The van der Waals surface area contributed by atoms with Crippen molar-refractivity contribution in [2.75, 3.05) is 0 Å². The van der Waals surface area contributed by atoms with E-state index < -0.39 is 0 Å². The van der Waals surface area contributed by atoms with Crippen molar-refractivity contribution in [3.63, 3.8) is 0 Å². The Hall–Kier alpha value is -0.330. The summed E-state index contributed by atoms with van der Waals surface area (Å²) in [6.07, 6.45) is 9.72. The van der Waals surface area contributed by atoms with Gasteiger partial charge in [-0.1, -0.05) is 46.0 Å². The Balaban J connectivity index is 2.09. The highest BCUT2D eigenvalue weighted by molar-refractivity contribution is 5.78. The van der Waals surface area contributed by atoms with Crippen molar-refractivity contribution >= 4 is 5.78 Å². The molecule has 0 aromatic rings. The smallest absolute Gasteiger partial charge is 0.133 e. The number of carbonyl (C=O) groups is 1. The summed E-state index contributed by atoms with van der Waals surface area (Å²) < 4.78 is 0. The molecule has 1 fully saturated rings. The topological polar surface area (TPSA) is 17.1 Å². The van der Waals surface area contributed by atoms with Gasteiger partial charge in [0.15, 0.2) is 0 Å². The monoisotopic (exact) mass is 196 g/mol. The zero-order valence-electron chi connectivity index (χ0n) is 9.72. The van der Waals surface area contributed by atoms with Crippen LogP contribution in [0.1, 0.15) is 65.2 Å². The molecule has 1 heteroatoms. The molecule has 0 amide bonds. The van der Waals surface area contributed by atoms with Crippen LogP contribution in [0.4, 0.5) is 0 Å². The van der Waals surface area contributed by atoms with Gasteiger partial charge in [-0.05, 0) is 18.3 Å². The maximum absolute atomic E-state index is 11.5. The Morgan fingerprint density at radius 1 is 1.21 bits per heavy atom. The zero-order chi connectivity index (χ0) is 10.4. The second-order valence-corrected chi connectivity index (χ2v) is 5.18. The lowest BCUT2D eigenvalue weighted by Crippen LogP contribution is -2.10. The molecule has 0 spiro atoms. The van der Waals surface area contributed by atoms with E-state index in [0.29, 0.717) is 11.7 Å². The number of rotatable bonds is 5. The van der Waals surface area contributed by atoms with Gasteiger partial charge in [-0.3, -0.25) is 4.79 Å². The first-order valence-corrected chi connectivity index (χ1v) is 6.20. The minimum Gasteiger partial charge on any atom is -0.300 e. The van der Waals surface area contributed by atoms with E-state index in [1.807, 2.05) is 0 Å². The van der Waals surface area contributed by atoms with E-state index in [-0.39, 0.29) is 0 Å². The van der Waals surface area contributed by atoms with Crippen molar-refractivity contribution in [2.45, 2.75) is 65.2 Å². The van der Waals surface area contributed by atoms with Crippen LogP contribution in [0, 0.1) is 11.8 Å². The highest BCUT2D eigenvalue weighted by Gasteiger charge is 2.14. The summed E-state index contributed by atoms with van der Waals surface area (Å²) in [6.45, 7) is 4.25. The van der Waals surface area contributed by atoms with Crippen LogP contribution in [0.5, 0.6) is 0 Å². The van der Waals surface area contributed by atoms with Crippen LogP contribution in [0.2, 0.25) is 0 Å². The quantitative estimate of drug-likeness (QED) is 0.650. The fourth-order valence-corrected chi connectivity index (χ4v) is 2.40. The molecule has 0 N–H and O–H groups in total. The largest absolute Gasteiger partial charge is 0.300 e. The Morgan fingerprint density at radius 2 is 1.86 bits per heavy atom. The summed E-state index contributed by atoms with van der Waals surface area (Å²) in [6, 6.07) is 0. The summed E-state index contributed by atoms with van der Waals surface area (Å²) in [5, 5.41) is 0. The van der Waals surface area contributed by atoms with Gasteiger partial charge in [0.1, 0.15) is 5.78 Å². The first-order valence-electron chi connectivity index (χ1n) is 6.20. The minimum absolute atomic E-state index is 0.477. The van der Waals surface area contributed by atoms with Crippen molar-refractivity contribution < 1.29 is 4.79 Å². The zero-order valence-corrected chi connectivity index (χ0v) is 9.72. The molecule has 82 valence electrons. The third-order valence-corrected chi connectivity index (χ3v) is 3.19. The van der Waals surface area contributed by atoms with E-state index in [9.17, 15) is 4.79 Å². The molecule has 0 unspecified atom stereocenters. The molecule has 1 saturated carbocycles. The van der Waals surface area contributed by atoms with Crippen molar-refractivity contribution in [3.05, 3.63) is 0 Å². The maximum atomic E-state index is 11.5. The van der Waals surface area contributed by atoms with E-state index in [2.05, 4.69) is 13.8 Å². The summed E-state index contributed by atoms with van der Waals surface area (Å²) in [7, 11) is 0. The van der Waals surface area contributed by atoms with Crippen LogP contribution in [0.25, 0.3) is 0 Å². The lowest BCUT2D eigenvalue weighted by atomic mass is 9.85. The number of ketones is 1. The number of Topliss-reactive ketones (excluding diaryl/α,β-unsaturated/α-hetero) is 1. The van der Waals surface area contributed by atoms with Gasteiger partial charge < -0.3 is 0 Å². The standard InChI is InChI=1S/C13H24O/c1-11(2)10-13(14)9-8-12-6-4-3-5-7-12/h11-12H,3-10H2,1-2H3. The Labute approximate surface area is 88.3 Å². The van der Waals surface area contributed by atoms with E-state index >= 15 is 0 Å². The van der Waals surface area contributed by atoms with E-state index in [1.54, 1.807) is 0 Å². The summed E-state index contributed by atoms with van der Waals surface area (Å²) in [5.74, 6) is 1.87. The number of hydrogen-bond acceptors (Lipinski definition) is 1. The maximum Gasteiger partial charge on any atom is 0.133 e. The van der Waals surface area contributed by atoms with Gasteiger partial charge in [0.25, 0.3) is 0 Å². The SMILES string of the molecule is CC(C)CC(=O)CCC1CCCCC1. The highest BCUT2D eigenvalue weighted by Crippen LogP contribution is 2.27. The molecule has 0 bridgehead atoms. The van der Waals surface area contributed by atoms with E-state index in [0.717, 1.165) is 25.2 Å². The van der Waals surface area contributed by atoms with Crippen LogP contribution in [-0.2, 0) is 4.79 Å². The molecule has 0 aliphatic heterocycles. The fourth-order valence-electron chi connectivity index (χ4n) is 2.40. The van der Waals surface area contributed by atoms with Gasteiger partial charge in [-0.15, -0.1) is 0 Å². The molecule has 0 saturated heterocycles. The van der Waals surface area contributed by atoms with Gasteiger partial charge in [0.05, 0.1) is 0 Å². The predicted octanol–water partition coefficient (Wildman–Crippen LogP) is 3.96. The lowest BCUT2D eigenvalue weighted by molar-refractivity contribution is -0.120. The van der Waals surface area contributed by atoms with Crippen LogP contribution in [-0.4, -0.2) is 5.78 Å². The third kappa shape index (κ3) is 4.78. The third-order valence-electron chi connectivity index (χ3n) is 3.19. The van der Waals surface area contributed by atoms with Gasteiger partial charge in [0, 0.05) is 12.8 Å². The lowest BCUT2D eigenvalue weighted by Gasteiger charge is -2.21. The molecule has 1 aliphatic carbocycles. The second-order valence-electron chi connectivity index (χ2n) is 5.18. The van der Waals surface area contributed by atoms with Crippen molar-refractivity contribution in [3.8, 4) is 0 Å². The van der Waals surface area contributed by atoms with Crippen LogP contribution < -0.4 is 0 Å². The van der Waals surface area contributed by atoms with Gasteiger partial charge in [0.2, 0.25) is 0 Å². The molecule has 0 aromatic carbocycles. The van der Waals surface area contributed by atoms with Crippen LogP contribution in [0.3, 0.4) is 0 Å². The van der Waals surface area contributed by atoms with Crippen LogP contribution >= 0.6 is 0 Å². The van der Waals surface area contributed by atoms with E-state index in [1.165, 1.54) is 32.1 Å². The molecular formula is C13H24O. The van der Waals surface area contributed by atoms with E-state index in [4.69, 9.17) is 0 Å². The molecule has 1 aliphatic rings. The summed E-state index contributed by atoms with van der Waals surface area (Å²) in [4.78, 5) is 11.5. The second kappa shape index (κ2) is 6.21. The summed E-state index contributed by atoms with van der Waals surface area (Å²) >= 11 is 0. The molecule has 14 heavy (non-hydrogen) atoms. The average Bonchev–Trinajstić information content (AvgIpc) is 2.15. The Morgan fingerprint density at radius 3 is 2.43 bits per heavy atom. The molecule has 0 aromatic heterocycles. The number of hydrogen-bond donors (Lipinski definition) is 0. The van der Waals surface area contributed by atoms with Gasteiger partial charge in [-0.25, -0.2) is 0 Å². The van der Waals surface area contributed by atoms with Crippen LogP contribution in [0.15, 0.2) is 0 Å². The Bertz CT molecular complexity index is 166. The first-order chi connectivity index (χ1) is 6.68. The summed E-state index contributed by atoms with van der Waals surface area (Å²) in [5.41, 5.74) is 0. The van der Waals surface area contributed by atoms with Gasteiger partial charge >= 0.3 is 0 Å². The number of carbonyl (C=O) groups excluding carboxylic acids is 1. The minimum atomic E-state index is 0.477. The molecule has 0 atom stereocenters. The molecule has 1 nitrogen and oxygen atoms in total. The van der Waals surface area contributed by atoms with Crippen molar-refractivity contribution in [2.24, 2.45) is 11.8 Å². The van der Waals surface area contributed by atoms with Crippen molar-refractivity contribution in [1.82, 2.24) is 0 Å². The Kier molecular flexibility index (Phi) is 5.21. The average molecular weight is 196 g/mol. The fraction of sp³-hybridized carbons (Fsp3) is 0.923.